The summed E-state index contributed by atoms with van der Waals surface area (Å²) >= 11 is 0. The van der Waals surface area contributed by atoms with Crippen molar-refractivity contribution in [1.82, 2.24) is 0 Å². The van der Waals surface area contributed by atoms with Crippen molar-refractivity contribution in [2.75, 3.05) is 0 Å². The minimum atomic E-state index is 0. The van der Waals surface area contributed by atoms with Crippen molar-refractivity contribution in [2.24, 2.45) is 5.73 Å². The molecule has 2 N–H and O–H groups in total. The summed E-state index contributed by atoms with van der Waals surface area (Å²) in [7, 11) is 0. The second-order valence-electron chi connectivity index (χ2n) is 3.72. The van der Waals surface area contributed by atoms with Gasteiger partial charge in [-0.25, -0.2) is 0 Å². The average Bonchev–Trinajstić information content (AvgIpc) is 2.73. The molecule has 0 spiro atoms. The number of benzene rings is 1. The summed E-state index contributed by atoms with van der Waals surface area (Å²) in [6.07, 6.45) is 0. The number of hydrogen-bond acceptors (Lipinski definition) is 3. The van der Waals surface area contributed by atoms with E-state index >= 15 is 0 Å². The topological polar surface area (TPSA) is 48.4 Å². The summed E-state index contributed by atoms with van der Waals surface area (Å²) in [5, 5.41) is 0. The fourth-order valence-electron chi connectivity index (χ4n) is 1.47. The summed E-state index contributed by atoms with van der Waals surface area (Å²) < 4.78 is 11.0. The third-order valence-corrected chi connectivity index (χ3v) is 2.60. The van der Waals surface area contributed by atoms with Gasteiger partial charge in [-0.15, -0.1) is 12.4 Å². The number of rotatable bonds is 3. The maximum atomic E-state index is 5.65. The molecule has 1 aromatic carbocycles. The van der Waals surface area contributed by atoms with Gasteiger partial charge < -0.3 is 14.9 Å². The van der Waals surface area contributed by atoms with Gasteiger partial charge in [0.25, 0.3) is 5.95 Å². The summed E-state index contributed by atoms with van der Waals surface area (Å²) in [6, 6.07) is 9.54. The molecule has 0 saturated heterocycles. The Hall–Kier alpha value is -1.45. The van der Waals surface area contributed by atoms with E-state index in [1.807, 2.05) is 25.1 Å². The molecule has 0 atom stereocenters. The highest BCUT2D eigenvalue weighted by molar-refractivity contribution is 5.85. The van der Waals surface area contributed by atoms with Gasteiger partial charge in [0.2, 0.25) is 0 Å². The predicted octanol–water partition coefficient (Wildman–Crippen LogP) is 3.57. The van der Waals surface area contributed by atoms with Crippen molar-refractivity contribution < 1.29 is 9.15 Å². The molecule has 0 aliphatic heterocycles. The van der Waals surface area contributed by atoms with E-state index in [1.165, 1.54) is 5.56 Å². The van der Waals surface area contributed by atoms with Gasteiger partial charge in [-0.1, -0.05) is 12.1 Å². The number of aryl methyl sites for hydroxylation is 1. The summed E-state index contributed by atoms with van der Waals surface area (Å²) in [6.45, 7) is 4.46. The minimum absolute atomic E-state index is 0. The van der Waals surface area contributed by atoms with Gasteiger partial charge in [-0.05, 0) is 37.1 Å². The molecule has 0 saturated carbocycles. The highest BCUT2D eigenvalue weighted by atomic mass is 35.5. The molecule has 3 nitrogen and oxygen atoms in total. The third-order valence-electron chi connectivity index (χ3n) is 2.60. The molecule has 2 rings (SSSR count). The average molecular weight is 254 g/mol. The van der Waals surface area contributed by atoms with Gasteiger partial charge in [0.15, 0.2) is 0 Å². The van der Waals surface area contributed by atoms with Gasteiger partial charge in [0.1, 0.15) is 11.5 Å². The lowest BCUT2D eigenvalue weighted by Gasteiger charge is -2.07. The molecule has 2 aromatic rings. The first-order valence-electron chi connectivity index (χ1n) is 5.23. The first-order chi connectivity index (χ1) is 7.70. The zero-order valence-corrected chi connectivity index (χ0v) is 10.7. The summed E-state index contributed by atoms with van der Waals surface area (Å²) in [5.74, 6) is 2.02. The lowest BCUT2D eigenvalue weighted by atomic mass is 10.1. The normalized spacial score (nSPS) is 9.82. The third kappa shape index (κ3) is 3.02. The molecule has 0 radical (unpaired) electrons. The van der Waals surface area contributed by atoms with Crippen LogP contribution in [0.3, 0.4) is 0 Å². The fourth-order valence-corrected chi connectivity index (χ4v) is 1.47. The van der Waals surface area contributed by atoms with Crippen molar-refractivity contribution in [2.45, 2.75) is 20.4 Å². The molecule has 0 unspecified atom stereocenters. The first-order valence-corrected chi connectivity index (χ1v) is 5.23. The lowest BCUT2D eigenvalue weighted by Crippen LogP contribution is -1.93. The fraction of sp³-hybridized carbons (Fsp3) is 0.231. The molecule has 17 heavy (non-hydrogen) atoms. The Balaban J connectivity index is 0.00000144. The highest BCUT2D eigenvalue weighted by Gasteiger charge is 2.06. The van der Waals surface area contributed by atoms with E-state index < -0.39 is 0 Å². The van der Waals surface area contributed by atoms with Crippen molar-refractivity contribution in [3.05, 3.63) is 47.2 Å². The molecule has 1 aromatic heterocycles. The van der Waals surface area contributed by atoms with E-state index in [9.17, 15) is 0 Å². The van der Waals surface area contributed by atoms with E-state index in [0.29, 0.717) is 12.5 Å². The Morgan fingerprint density at radius 3 is 2.59 bits per heavy atom. The molecule has 1 heterocycles. The number of furan rings is 1. The predicted molar refractivity (Wildman–Crippen MR) is 69.8 cm³/mol. The van der Waals surface area contributed by atoms with Crippen LogP contribution in [0, 0.1) is 13.8 Å². The van der Waals surface area contributed by atoms with Crippen LogP contribution in [-0.4, -0.2) is 0 Å². The zero-order chi connectivity index (χ0) is 11.5. The largest absolute Gasteiger partial charge is 0.429 e. The molecular weight excluding hydrogens is 238 g/mol. The Morgan fingerprint density at radius 1 is 1.18 bits per heavy atom. The molecule has 0 bridgehead atoms. The standard InChI is InChI=1S/C13H15NO2.ClH/c1-9-4-3-5-12(10(9)2)16-13-7-6-11(8-14)15-13;/h3-7H,8,14H2,1-2H3;1H. The van der Waals surface area contributed by atoms with Crippen LogP contribution in [0.1, 0.15) is 16.9 Å². The van der Waals surface area contributed by atoms with Crippen LogP contribution in [0.25, 0.3) is 0 Å². The van der Waals surface area contributed by atoms with E-state index in [-0.39, 0.29) is 12.4 Å². The van der Waals surface area contributed by atoms with Crippen LogP contribution in [0.15, 0.2) is 34.7 Å². The summed E-state index contributed by atoms with van der Waals surface area (Å²) in [5.41, 5.74) is 7.78. The molecule has 0 fully saturated rings. The van der Waals surface area contributed by atoms with Crippen LogP contribution < -0.4 is 10.5 Å². The zero-order valence-electron chi connectivity index (χ0n) is 9.90. The van der Waals surface area contributed by atoms with E-state index in [1.54, 1.807) is 6.07 Å². The minimum Gasteiger partial charge on any atom is -0.429 e. The number of nitrogens with two attached hydrogens (primary N) is 1. The second kappa shape index (κ2) is 5.75. The van der Waals surface area contributed by atoms with E-state index in [4.69, 9.17) is 14.9 Å². The Labute approximate surface area is 107 Å². The SMILES string of the molecule is Cc1cccc(Oc2ccc(CN)o2)c1C.Cl. The summed E-state index contributed by atoms with van der Waals surface area (Å²) in [4.78, 5) is 0. The Morgan fingerprint density at radius 2 is 1.94 bits per heavy atom. The molecular formula is C13H16ClNO2. The number of hydrogen-bond donors (Lipinski definition) is 1. The Kier molecular flexibility index (Phi) is 4.61. The van der Waals surface area contributed by atoms with Crippen LogP contribution in [0.4, 0.5) is 0 Å². The molecule has 0 aliphatic carbocycles. The maximum Gasteiger partial charge on any atom is 0.290 e. The van der Waals surface area contributed by atoms with Gasteiger partial charge in [0, 0.05) is 6.07 Å². The highest BCUT2D eigenvalue weighted by Crippen LogP contribution is 2.27. The molecule has 4 heteroatoms. The molecule has 0 aliphatic rings. The Bertz CT molecular complexity index is 494. The quantitative estimate of drug-likeness (QED) is 0.910. The van der Waals surface area contributed by atoms with Crippen LogP contribution in [-0.2, 0) is 6.54 Å². The van der Waals surface area contributed by atoms with Crippen LogP contribution in [0.5, 0.6) is 11.7 Å². The van der Waals surface area contributed by atoms with Gasteiger partial charge >= 0.3 is 0 Å². The van der Waals surface area contributed by atoms with Crippen molar-refractivity contribution >= 4 is 12.4 Å². The molecule has 92 valence electrons. The second-order valence-corrected chi connectivity index (χ2v) is 3.72. The van der Waals surface area contributed by atoms with Crippen molar-refractivity contribution in [3.63, 3.8) is 0 Å². The van der Waals surface area contributed by atoms with E-state index in [2.05, 4.69) is 13.0 Å². The van der Waals surface area contributed by atoms with Crippen molar-refractivity contribution in [1.29, 1.82) is 0 Å². The number of ether oxygens (including phenoxy) is 1. The van der Waals surface area contributed by atoms with Crippen molar-refractivity contribution in [3.8, 4) is 11.7 Å². The molecule has 0 amide bonds. The van der Waals surface area contributed by atoms with E-state index in [0.717, 1.165) is 17.1 Å². The first kappa shape index (κ1) is 13.6. The van der Waals surface area contributed by atoms with Gasteiger partial charge in [-0.3, -0.25) is 0 Å². The van der Waals surface area contributed by atoms with Crippen LogP contribution >= 0.6 is 12.4 Å². The lowest BCUT2D eigenvalue weighted by molar-refractivity contribution is 0.331. The number of halogens is 1. The van der Waals surface area contributed by atoms with Gasteiger partial charge in [0.05, 0.1) is 6.54 Å². The monoisotopic (exact) mass is 253 g/mol. The smallest absolute Gasteiger partial charge is 0.290 e. The van der Waals surface area contributed by atoms with Gasteiger partial charge in [-0.2, -0.15) is 0 Å². The van der Waals surface area contributed by atoms with Crippen LogP contribution in [0.2, 0.25) is 0 Å². The maximum absolute atomic E-state index is 5.65.